The maximum Gasteiger partial charge on any atom is 0.261 e. The summed E-state index contributed by atoms with van der Waals surface area (Å²) in [6.07, 6.45) is 3.54. The molecule has 0 fully saturated rings. The molecule has 1 aromatic heterocycles. The van der Waals surface area contributed by atoms with Crippen LogP contribution in [0.15, 0.2) is 75.2 Å². The summed E-state index contributed by atoms with van der Waals surface area (Å²) in [6.45, 7) is 3.02. The molecule has 0 atom stereocenters. The van der Waals surface area contributed by atoms with E-state index in [4.69, 9.17) is 14.9 Å². The van der Waals surface area contributed by atoms with Gasteiger partial charge in [0.25, 0.3) is 10.0 Å². The van der Waals surface area contributed by atoms with Gasteiger partial charge in [0.15, 0.2) is 0 Å². The molecule has 0 saturated heterocycles. The van der Waals surface area contributed by atoms with Crippen LogP contribution in [0.2, 0.25) is 0 Å². The van der Waals surface area contributed by atoms with Crippen LogP contribution >= 0.6 is 0 Å². The maximum atomic E-state index is 12.7. The quantitative estimate of drug-likeness (QED) is 0.521. The van der Waals surface area contributed by atoms with E-state index in [9.17, 15) is 8.42 Å². The minimum absolute atomic E-state index is 0.166. The number of ether oxygens (including phenoxy) is 1. The van der Waals surface area contributed by atoms with Crippen LogP contribution in [0.3, 0.4) is 0 Å². The zero-order chi connectivity index (χ0) is 21.8. The van der Waals surface area contributed by atoms with Gasteiger partial charge >= 0.3 is 0 Å². The van der Waals surface area contributed by atoms with Crippen molar-refractivity contribution in [3.8, 4) is 5.75 Å². The van der Waals surface area contributed by atoms with Gasteiger partial charge < -0.3 is 19.8 Å². The molecule has 0 aliphatic carbocycles. The van der Waals surface area contributed by atoms with E-state index in [2.05, 4.69) is 16.6 Å². The van der Waals surface area contributed by atoms with E-state index in [0.717, 1.165) is 23.7 Å². The first-order valence-electron chi connectivity index (χ1n) is 9.99. The Morgan fingerprint density at radius 3 is 2.58 bits per heavy atom. The van der Waals surface area contributed by atoms with Gasteiger partial charge in [-0.2, -0.15) is 0 Å². The van der Waals surface area contributed by atoms with Crippen LogP contribution in [0, 0.1) is 0 Å². The molecule has 3 aromatic rings. The fraction of sp³-hybridized carbons (Fsp3) is 0.227. The fourth-order valence-corrected chi connectivity index (χ4v) is 4.23. The van der Waals surface area contributed by atoms with E-state index in [1.165, 1.54) is 12.1 Å². The summed E-state index contributed by atoms with van der Waals surface area (Å²) in [5.74, 6) is 1.19. The molecular formula is C22H24N4O4S. The largest absolute Gasteiger partial charge is 0.494 e. The zero-order valence-corrected chi connectivity index (χ0v) is 17.9. The molecule has 8 nitrogen and oxygen atoms in total. The SMILES string of the molecule is CCCCOc1ccc(S(=O)(=O)Nc2ccc(N3CN=c4occc4=C3N)cc2)cc1. The Bertz CT molecular complexity index is 1270. The van der Waals surface area contributed by atoms with Gasteiger partial charge in [-0.3, -0.25) is 4.72 Å². The number of benzene rings is 2. The van der Waals surface area contributed by atoms with E-state index in [1.54, 1.807) is 48.7 Å². The smallest absolute Gasteiger partial charge is 0.261 e. The van der Waals surface area contributed by atoms with Crippen LogP contribution in [0.5, 0.6) is 5.75 Å². The highest BCUT2D eigenvalue weighted by molar-refractivity contribution is 7.92. The lowest BCUT2D eigenvalue weighted by Gasteiger charge is -2.24. The van der Waals surface area contributed by atoms with Gasteiger partial charge in [0.1, 0.15) is 18.2 Å². The van der Waals surface area contributed by atoms with Crippen molar-refractivity contribution in [2.75, 3.05) is 22.9 Å². The number of fused-ring (bicyclic) bond motifs is 1. The van der Waals surface area contributed by atoms with Gasteiger partial charge in [-0.25, -0.2) is 13.4 Å². The number of anilines is 2. The summed E-state index contributed by atoms with van der Waals surface area (Å²) in [6, 6.07) is 15.1. The second-order valence-corrected chi connectivity index (χ2v) is 8.76. The summed E-state index contributed by atoms with van der Waals surface area (Å²) in [7, 11) is -3.72. The lowest BCUT2D eigenvalue weighted by Crippen LogP contribution is -2.42. The van der Waals surface area contributed by atoms with Crippen molar-refractivity contribution in [1.82, 2.24) is 0 Å². The van der Waals surface area contributed by atoms with Crippen molar-refractivity contribution in [3.05, 3.63) is 71.6 Å². The fourth-order valence-electron chi connectivity index (χ4n) is 3.17. The molecule has 2 aromatic carbocycles. The Kier molecular flexibility index (Phi) is 5.85. The molecule has 4 rings (SSSR count). The normalized spacial score (nSPS) is 13.5. The van der Waals surface area contributed by atoms with Crippen molar-refractivity contribution in [2.24, 2.45) is 10.7 Å². The maximum absolute atomic E-state index is 12.7. The number of hydrogen-bond donors (Lipinski definition) is 2. The molecule has 0 saturated carbocycles. The van der Waals surface area contributed by atoms with Gasteiger partial charge in [-0.1, -0.05) is 13.3 Å². The first kappa shape index (κ1) is 20.8. The molecule has 0 spiro atoms. The van der Waals surface area contributed by atoms with Crippen molar-refractivity contribution in [2.45, 2.75) is 24.7 Å². The van der Waals surface area contributed by atoms with Crippen LogP contribution in [0.25, 0.3) is 5.82 Å². The van der Waals surface area contributed by atoms with Crippen LogP contribution in [-0.4, -0.2) is 21.7 Å². The third kappa shape index (κ3) is 4.51. The number of hydrogen-bond acceptors (Lipinski definition) is 7. The van der Waals surface area contributed by atoms with Crippen LogP contribution < -0.4 is 30.9 Å². The average molecular weight is 441 g/mol. The van der Waals surface area contributed by atoms with Crippen LogP contribution in [-0.2, 0) is 10.0 Å². The number of sulfonamides is 1. The highest BCUT2D eigenvalue weighted by atomic mass is 32.2. The molecule has 9 heteroatoms. The van der Waals surface area contributed by atoms with Crippen molar-refractivity contribution in [1.29, 1.82) is 0 Å². The molecule has 1 aliphatic rings. The number of rotatable bonds is 8. The molecule has 3 N–H and O–H groups in total. The monoisotopic (exact) mass is 440 g/mol. The van der Waals surface area contributed by atoms with E-state index in [0.29, 0.717) is 36.1 Å². The number of unbranched alkanes of at least 4 members (excludes halogenated alkanes) is 1. The minimum atomic E-state index is -3.72. The predicted octanol–water partition coefficient (Wildman–Crippen LogP) is 2.38. The Balaban J connectivity index is 1.46. The number of nitrogens with two attached hydrogens (primary N) is 1. The number of furan rings is 1. The van der Waals surface area contributed by atoms with Crippen molar-refractivity contribution in [3.63, 3.8) is 0 Å². The summed E-state index contributed by atoms with van der Waals surface area (Å²) in [4.78, 5) is 6.34. The first-order valence-corrected chi connectivity index (χ1v) is 11.5. The number of nitrogens with zero attached hydrogens (tertiary/aromatic N) is 2. The second kappa shape index (κ2) is 8.73. The molecule has 2 heterocycles. The second-order valence-electron chi connectivity index (χ2n) is 7.08. The van der Waals surface area contributed by atoms with Gasteiger partial charge in [-0.05, 0) is 61.0 Å². The lowest BCUT2D eigenvalue weighted by atomic mass is 10.2. The van der Waals surface area contributed by atoms with Crippen LogP contribution in [0.4, 0.5) is 11.4 Å². The summed E-state index contributed by atoms with van der Waals surface area (Å²) in [5.41, 5.74) is 7.99. The lowest BCUT2D eigenvalue weighted by molar-refractivity contribution is 0.309. The Hall–Kier alpha value is -3.46. The average Bonchev–Trinajstić information content (AvgIpc) is 3.25. The van der Waals surface area contributed by atoms with Gasteiger partial charge in [0.2, 0.25) is 5.55 Å². The third-order valence-corrected chi connectivity index (χ3v) is 6.30. The third-order valence-electron chi connectivity index (χ3n) is 4.90. The van der Waals surface area contributed by atoms with Gasteiger partial charge in [0, 0.05) is 11.4 Å². The minimum Gasteiger partial charge on any atom is -0.494 e. The molecule has 0 bridgehead atoms. The zero-order valence-electron chi connectivity index (χ0n) is 17.1. The van der Waals surface area contributed by atoms with Crippen LogP contribution in [0.1, 0.15) is 19.8 Å². The Labute approximate surface area is 180 Å². The van der Waals surface area contributed by atoms with Crippen molar-refractivity contribution < 1.29 is 17.6 Å². The highest BCUT2D eigenvalue weighted by Gasteiger charge is 2.17. The molecule has 0 amide bonds. The molecular weight excluding hydrogens is 416 g/mol. The highest BCUT2D eigenvalue weighted by Crippen LogP contribution is 2.23. The molecule has 0 radical (unpaired) electrons. The summed E-state index contributed by atoms with van der Waals surface area (Å²) in [5, 5.41) is 0.734. The van der Waals surface area contributed by atoms with E-state index < -0.39 is 10.0 Å². The molecule has 31 heavy (non-hydrogen) atoms. The topological polar surface area (TPSA) is 110 Å². The van der Waals surface area contributed by atoms with Crippen molar-refractivity contribution >= 4 is 27.2 Å². The Morgan fingerprint density at radius 1 is 1.13 bits per heavy atom. The number of nitrogens with one attached hydrogen (secondary N) is 1. The summed E-state index contributed by atoms with van der Waals surface area (Å²) < 4.78 is 38.9. The summed E-state index contributed by atoms with van der Waals surface area (Å²) >= 11 is 0. The Morgan fingerprint density at radius 2 is 1.87 bits per heavy atom. The molecule has 1 aliphatic heterocycles. The molecule has 162 valence electrons. The van der Waals surface area contributed by atoms with E-state index in [1.807, 2.05) is 4.90 Å². The van der Waals surface area contributed by atoms with Gasteiger partial charge in [-0.15, -0.1) is 0 Å². The van der Waals surface area contributed by atoms with E-state index >= 15 is 0 Å². The van der Waals surface area contributed by atoms with E-state index in [-0.39, 0.29) is 4.90 Å². The first-order chi connectivity index (χ1) is 15.0. The predicted molar refractivity (Wildman–Crippen MR) is 119 cm³/mol. The standard InChI is InChI=1S/C22H24N4O4S/c1-2-3-13-29-18-8-10-19(11-9-18)31(27,28)25-16-4-6-17(7-5-16)26-15-24-22-20(21(26)23)12-14-30-22/h4-12,14,25H,2-3,13,15,23H2,1H3. The molecule has 0 unspecified atom stereocenters. The van der Waals surface area contributed by atoms with Gasteiger partial charge in [0.05, 0.1) is 23.0 Å².